The van der Waals surface area contributed by atoms with Gasteiger partial charge in [0.25, 0.3) is 0 Å². The summed E-state index contributed by atoms with van der Waals surface area (Å²) in [5, 5.41) is 14.5. The van der Waals surface area contributed by atoms with Gasteiger partial charge in [0.05, 0.1) is 17.8 Å². The van der Waals surface area contributed by atoms with Gasteiger partial charge in [-0.05, 0) is 35.9 Å². The van der Waals surface area contributed by atoms with Crippen molar-refractivity contribution in [3.8, 4) is 5.69 Å². The fraction of sp³-hybridized carbons (Fsp3) is 0.0714. The third-order valence-electron chi connectivity index (χ3n) is 2.91. The number of hydrogen-bond acceptors (Lipinski definition) is 3. The number of hydrogen-bond donors (Lipinski definition) is 2. The minimum absolute atomic E-state index is 0.0535. The van der Waals surface area contributed by atoms with E-state index in [2.05, 4.69) is 5.10 Å². The highest BCUT2D eigenvalue weighted by atomic mass is 16.3. The number of fused-ring (bicyclic) bond motifs is 1. The van der Waals surface area contributed by atoms with Crippen LogP contribution in [0.25, 0.3) is 16.6 Å². The molecule has 0 fully saturated rings. The predicted molar refractivity (Wildman–Crippen MR) is 71.4 cm³/mol. The zero-order valence-corrected chi connectivity index (χ0v) is 9.74. The summed E-state index contributed by atoms with van der Waals surface area (Å²) in [6, 6.07) is 13.3. The van der Waals surface area contributed by atoms with Crippen LogP contribution in [0.1, 0.15) is 5.56 Å². The summed E-state index contributed by atoms with van der Waals surface area (Å²) >= 11 is 0. The van der Waals surface area contributed by atoms with Crippen LogP contribution in [0, 0.1) is 0 Å². The molecule has 1 aromatic heterocycles. The molecule has 0 aliphatic heterocycles. The molecule has 18 heavy (non-hydrogen) atoms. The first-order valence-electron chi connectivity index (χ1n) is 5.71. The van der Waals surface area contributed by atoms with Crippen LogP contribution >= 0.6 is 0 Å². The lowest BCUT2D eigenvalue weighted by Crippen LogP contribution is -1.94. The van der Waals surface area contributed by atoms with Gasteiger partial charge < -0.3 is 10.8 Å². The monoisotopic (exact) mass is 239 g/mol. The van der Waals surface area contributed by atoms with Crippen LogP contribution in [-0.2, 0) is 6.61 Å². The van der Waals surface area contributed by atoms with Crippen molar-refractivity contribution in [2.45, 2.75) is 6.61 Å². The molecule has 0 amide bonds. The summed E-state index contributed by atoms with van der Waals surface area (Å²) in [6.45, 7) is 0.0535. The van der Waals surface area contributed by atoms with E-state index < -0.39 is 0 Å². The number of aromatic nitrogens is 2. The van der Waals surface area contributed by atoms with E-state index in [-0.39, 0.29) is 6.61 Å². The predicted octanol–water partition coefficient (Wildman–Crippen LogP) is 2.10. The van der Waals surface area contributed by atoms with Crippen LogP contribution in [0.4, 0.5) is 5.69 Å². The van der Waals surface area contributed by atoms with Crippen molar-refractivity contribution in [3.63, 3.8) is 0 Å². The molecule has 0 unspecified atom stereocenters. The van der Waals surface area contributed by atoms with Gasteiger partial charge in [0.1, 0.15) is 0 Å². The van der Waals surface area contributed by atoms with Crippen molar-refractivity contribution in [2.75, 3.05) is 5.73 Å². The molecule has 4 heteroatoms. The number of rotatable bonds is 2. The molecule has 0 radical (unpaired) electrons. The quantitative estimate of drug-likeness (QED) is 0.673. The molecule has 0 aliphatic rings. The second kappa shape index (κ2) is 4.16. The Morgan fingerprint density at radius 1 is 1.11 bits per heavy atom. The molecular formula is C14H13N3O. The molecular weight excluding hydrogens is 226 g/mol. The number of anilines is 1. The fourth-order valence-corrected chi connectivity index (χ4v) is 1.93. The molecule has 0 saturated carbocycles. The van der Waals surface area contributed by atoms with Gasteiger partial charge in [-0.2, -0.15) is 5.10 Å². The SMILES string of the molecule is Nc1ccc2nn(-c3ccc(CO)cc3)cc2c1. The van der Waals surface area contributed by atoms with Crippen molar-refractivity contribution in [1.82, 2.24) is 9.78 Å². The minimum atomic E-state index is 0.0535. The number of nitrogen functional groups attached to an aromatic ring is 1. The summed E-state index contributed by atoms with van der Waals surface area (Å²) in [5.74, 6) is 0. The summed E-state index contributed by atoms with van der Waals surface area (Å²) in [5.41, 5.74) is 9.24. The van der Waals surface area contributed by atoms with Crippen molar-refractivity contribution in [3.05, 3.63) is 54.2 Å². The van der Waals surface area contributed by atoms with Gasteiger partial charge in [-0.1, -0.05) is 12.1 Å². The van der Waals surface area contributed by atoms with Crippen LogP contribution in [0.2, 0.25) is 0 Å². The normalized spacial score (nSPS) is 10.9. The van der Waals surface area contributed by atoms with Gasteiger partial charge >= 0.3 is 0 Å². The van der Waals surface area contributed by atoms with Gasteiger partial charge in [-0.15, -0.1) is 0 Å². The molecule has 0 spiro atoms. The van der Waals surface area contributed by atoms with Gasteiger partial charge in [0, 0.05) is 17.3 Å². The summed E-state index contributed by atoms with van der Waals surface area (Å²) in [7, 11) is 0. The lowest BCUT2D eigenvalue weighted by molar-refractivity contribution is 0.282. The van der Waals surface area contributed by atoms with E-state index in [9.17, 15) is 0 Å². The van der Waals surface area contributed by atoms with Gasteiger partial charge in [0.2, 0.25) is 0 Å². The topological polar surface area (TPSA) is 64.1 Å². The average molecular weight is 239 g/mol. The summed E-state index contributed by atoms with van der Waals surface area (Å²) in [4.78, 5) is 0. The van der Waals surface area contributed by atoms with Crippen LogP contribution in [0.5, 0.6) is 0 Å². The molecule has 3 N–H and O–H groups in total. The molecule has 3 rings (SSSR count). The Kier molecular flexibility index (Phi) is 2.50. The van der Waals surface area contributed by atoms with Gasteiger partial charge in [0.15, 0.2) is 0 Å². The molecule has 90 valence electrons. The van der Waals surface area contributed by atoms with Crippen LogP contribution in [0.3, 0.4) is 0 Å². The Bertz CT molecular complexity index is 686. The smallest absolute Gasteiger partial charge is 0.0929 e. The van der Waals surface area contributed by atoms with E-state index in [0.717, 1.165) is 27.8 Å². The highest BCUT2D eigenvalue weighted by Gasteiger charge is 2.03. The van der Waals surface area contributed by atoms with Gasteiger partial charge in [-0.25, -0.2) is 4.68 Å². The minimum Gasteiger partial charge on any atom is -0.399 e. The first-order valence-corrected chi connectivity index (χ1v) is 5.71. The summed E-state index contributed by atoms with van der Waals surface area (Å²) < 4.78 is 1.81. The third-order valence-corrected chi connectivity index (χ3v) is 2.91. The molecule has 0 atom stereocenters. The van der Waals surface area contributed by atoms with Crippen LogP contribution in [0.15, 0.2) is 48.7 Å². The number of aliphatic hydroxyl groups excluding tert-OH is 1. The van der Waals surface area contributed by atoms with Crippen molar-refractivity contribution >= 4 is 16.6 Å². The number of nitrogens with zero attached hydrogens (tertiary/aromatic N) is 2. The Hall–Kier alpha value is -2.33. The molecule has 0 aliphatic carbocycles. The maximum Gasteiger partial charge on any atom is 0.0929 e. The molecule has 1 heterocycles. The van der Waals surface area contributed by atoms with E-state index in [0.29, 0.717) is 0 Å². The second-order valence-electron chi connectivity index (χ2n) is 4.22. The van der Waals surface area contributed by atoms with Crippen molar-refractivity contribution in [2.24, 2.45) is 0 Å². The van der Waals surface area contributed by atoms with Crippen molar-refractivity contribution < 1.29 is 5.11 Å². The number of nitrogens with two attached hydrogens (primary N) is 1. The maximum atomic E-state index is 9.01. The van der Waals surface area contributed by atoms with Crippen molar-refractivity contribution in [1.29, 1.82) is 0 Å². The number of benzene rings is 2. The lowest BCUT2D eigenvalue weighted by atomic mass is 10.2. The van der Waals surface area contributed by atoms with E-state index >= 15 is 0 Å². The Morgan fingerprint density at radius 3 is 2.61 bits per heavy atom. The highest BCUT2D eigenvalue weighted by molar-refractivity contribution is 5.81. The third kappa shape index (κ3) is 1.83. The average Bonchev–Trinajstić information content (AvgIpc) is 2.81. The molecule has 0 saturated heterocycles. The molecule has 3 aromatic rings. The maximum absolute atomic E-state index is 9.01. The molecule has 2 aromatic carbocycles. The number of aliphatic hydroxyl groups is 1. The first kappa shape index (κ1) is 10.8. The van der Waals surface area contributed by atoms with E-state index in [1.807, 2.05) is 53.3 Å². The van der Waals surface area contributed by atoms with E-state index in [1.54, 1.807) is 0 Å². The zero-order chi connectivity index (χ0) is 12.5. The summed E-state index contributed by atoms with van der Waals surface area (Å²) in [6.07, 6.45) is 1.94. The van der Waals surface area contributed by atoms with Gasteiger partial charge in [-0.3, -0.25) is 0 Å². The standard InChI is InChI=1S/C14H13N3O/c15-12-3-6-14-11(7-12)8-17(16-14)13-4-1-10(9-18)2-5-13/h1-8,18H,9,15H2. The molecule has 4 nitrogen and oxygen atoms in total. The Balaban J connectivity index is 2.07. The van der Waals surface area contributed by atoms with Crippen LogP contribution in [-0.4, -0.2) is 14.9 Å². The first-order chi connectivity index (χ1) is 8.76. The molecule has 0 bridgehead atoms. The second-order valence-corrected chi connectivity index (χ2v) is 4.22. The highest BCUT2D eigenvalue weighted by Crippen LogP contribution is 2.18. The fourth-order valence-electron chi connectivity index (χ4n) is 1.93. The lowest BCUT2D eigenvalue weighted by Gasteiger charge is -2.01. The van der Waals surface area contributed by atoms with E-state index in [1.165, 1.54) is 0 Å². The Labute approximate surface area is 104 Å². The van der Waals surface area contributed by atoms with Crippen LogP contribution < -0.4 is 5.73 Å². The zero-order valence-electron chi connectivity index (χ0n) is 9.74. The Morgan fingerprint density at radius 2 is 1.89 bits per heavy atom. The largest absolute Gasteiger partial charge is 0.399 e. The van der Waals surface area contributed by atoms with E-state index in [4.69, 9.17) is 10.8 Å².